The summed E-state index contributed by atoms with van der Waals surface area (Å²) in [7, 11) is 0. The molecule has 1 N–H and O–H groups in total. The largest absolute Gasteiger partial charge is 0.313 e. The van der Waals surface area contributed by atoms with Crippen LogP contribution in [0.1, 0.15) is 45.4 Å². The van der Waals surface area contributed by atoms with E-state index in [1.54, 1.807) is 0 Å². The molecule has 2 fully saturated rings. The molecule has 4 atom stereocenters. The Bertz CT molecular complexity index is 240. The van der Waals surface area contributed by atoms with Crippen LogP contribution in [0.5, 0.6) is 0 Å². The number of nitrogens with one attached hydrogen (secondary N) is 1. The van der Waals surface area contributed by atoms with Crippen LogP contribution in [-0.2, 0) is 0 Å². The smallest absolute Gasteiger partial charge is 0.0240 e. The molecular formula is C14H23N. The molecule has 84 valence electrons. The summed E-state index contributed by atoms with van der Waals surface area (Å²) in [5.41, 5.74) is 0. The molecule has 0 aliphatic heterocycles. The molecule has 0 saturated heterocycles. The van der Waals surface area contributed by atoms with Crippen molar-refractivity contribution in [2.24, 2.45) is 17.8 Å². The minimum absolute atomic E-state index is 0.550. The molecule has 0 spiro atoms. The van der Waals surface area contributed by atoms with Crippen molar-refractivity contribution in [2.75, 3.05) is 6.54 Å². The summed E-state index contributed by atoms with van der Waals surface area (Å²) in [4.78, 5) is 0. The fourth-order valence-corrected chi connectivity index (χ4v) is 3.45. The van der Waals surface area contributed by atoms with Gasteiger partial charge in [-0.25, -0.2) is 0 Å². The van der Waals surface area contributed by atoms with Gasteiger partial charge in [0, 0.05) is 12.5 Å². The molecule has 0 aromatic rings. The lowest BCUT2D eigenvalue weighted by atomic mass is 9.88. The van der Waals surface area contributed by atoms with Gasteiger partial charge < -0.3 is 5.32 Å². The van der Waals surface area contributed by atoms with Crippen molar-refractivity contribution in [3.63, 3.8) is 0 Å². The molecule has 4 unspecified atom stereocenters. The maximum atomic E-state index is 5.36. The van der Waals surface area contributed by atoms with Gasteiger partial charge in [-0.2, -0.15) is 0 Å². The number of hydrogen-bond donors (Lipinski definition) is 1. The van der Waals surface area contributed by atoms with Crippen LogP contribution in [0.3, 0.4) is 0 Å². The second kappa shape index (κ2) is 5.03. The maximum Gasteiger partial charge on any atom is 0.0240 e. The average molecular weight is 205 g/mol. The zero-order valence-electron chi connectivity index (χ0n) is 9.84. The van der Waals surface area contributed by atoms with Gasteiger partial charge in [0.15, 0.2) is 0 Å². The van der Waals surface area contributed by atoms with Gasteiger partial charge in [-0.05, 0) is 50.0 Å². The summed E-state index contributed by atoms with van der Waals surface area (Å²) in [6, 6.07) is 0.550. The van der Waals surface area contributed by atoms with Gasteiger partial charge in [-0.1, -0.05) is 13.3 Å². The molecule has 2 aliphatic carbocycles. The zero-order chi connectivity index (χ0) is 10.7. The lowest BCUT2D eigenvalue weighted by molar-refractivity contribution is 0.304. The predicted octanol–water partition coefficient (Wildman–Crippen LogP) is 2.81. The summed E-state index contributed by atoms with van der Waals surface area (Å²) in [6.07, 6.45) is 13.4. The van der Waals surface area contributed by atoms with Gasteiger partial charge in [0.25, 0.3) is 0 Å². The van der Waals surface area contributed by atoms with Crippen molar-refractivity contribution in [1.29, 1.82) is 0 Å². The van der Waals surface area contributed by atoms with Gasteiger partial charge in [0.2, 0.25) is 0 Å². The number of terminal acetylenes is 1. The second-order valence-corrected chi connectivity index (χ2v) is 5.36. The molecule has 1 heteroatoms. The molecule has 0 radical (unpaired) electrons. The Labute approximate surface area is 94.0 Å². The SMILES string of the molecule is C#CCC(CC)NCC1CC2CCC1C2. The number of rotatable bonds is 5. The number of hydrogen-bond acceptors (Lipinski definition) is 1. The topological polar surface area (TPSA) is 12.0 Å². The Morgan fingerprint density at radius 1 is 1.40 bits per heavy atom. The molecule has 2 saturated carbocycles. The van der Waals surface area contributed by atoms with Crippen LogP contribution >= 0.6 is 0 Å². The summed E-state index contributed by atoms with van der Waals surface area (Å²) >= 11 is 0. The van der Waals surface area contributed by atoms with E-state index in [1.807, 2.05) is 0 Å². The Morgan fingerprint density at radius 2 is 2.27 bits per heavy atom. The van der Waals surface area contributed by atoms with Gasteiger partial charge in [-0.15, -0.1) is 12.3 Å². The second-order valence-electron chi connectivity index (χ2n) is 5.36. The maximum absolute atomic E-state index is 5.36. The highest BCUT2D eigenvalue weighted by Crippen LogP contribution is 2.47. The Hall–Kier alpha value is -0.480. The first-order chi connectivity index (χ1) is 7.33. The van der Waals surface area contributed by atoms with Crippen molar-refractivity contribution in [3.8, 4) is 12.3 Å². The third-order valence-electron chi connectivity index (χ3n) is 4.41. The molecule has 2 bridgehead atoms. The van der Waals surface area contributed by atoms with Crippen LogP contribution in [0.4, 0.5) is 0 Å². The van der Waals surface area contributed by atoms with Crippen molar-refractivity contribution in [3.05, 3.63) is 0 Å². The zero-order valence-corrected chi connectivity index (χ0v) is 9.84. The molecule has 0 aromatic heterocycles. The standard InChI is InChI=1S/C14H23N/c1-3-5-14(4-2)15-10-13-9-11-6-7-12(13)8-11/h1,11-15H,4-10H2,2H3. The third kappa shape index (κ3) is 2.55. The van der Waals surface area contributed by atoms with E-state index in [1.165, 1.54) is 32.2 Å². The summed E-state index contributed by atoms with van der Waals surface area (Å²) < 4.78 is 0. The summed E-state index contributed by atoms with van der Waals surface area (Å²) in [5.74, 6) is 5.82. The highest BCUT2D eigenvalue weighted by atomic mass is 14.9. The normalized spacial score (nSPS) is 35.3. The first-order valence-corrected chi connectivity index (χ1v) is 6.50. The van der Waals surface area contributed by atoms with Crippen molar-refractivity contribution < 1.29 is 0 Å². The van der Waals surface area contributed by atoms with Crippen LogP contribution < -0.4 is 5.32 Å². The van der Waals surface area contributed by atoms with Crippen LogP contribution in [-0.4, -0.2) is 12.6 Å². The highest BCUT2D eigenvalue weighted by molar-refractivity contribution is 4.93. The monoisotopic (exact) mass is 205 g/mol. The van der Waals surface area contributed by atoms with Crippen molar-refractivity contribution in [2.45, 2.75) is 51.5 Å². The van der Waals surface area contributed by atoms with Gasteiger partial charge in [0.05, 0.1) is 0 Å². The third-order valence-corrected chi connectivity index (χ3v) is 4.41. The van der Waals surface area contributed by atoms with Gasteiger partial charge in [0.1, 0.15) is 0 Å². The molecule has 15 heavy (non-hydrogen) atoms. The molecule has 0 aromatic carbocycles. The van der Waals surface area contributed by atoms with Crippen LogP contribution in [0.15, 0.2) is 0 Å². The predicted molar refractivity (Wildman–Crippen MR) is 64.5 cm³/mol. The van der Waals surface area contributed by atoms with Gasteiger partial charge >= 0.3 is 0 Å². The average Bonchev–Trinajstić information content (AvgIpc) is 2.85. The first-order valence-electron chi connectivity index (χ1n) is 6.50. The van der Waals surface area contributed by atoms with E-state index < -0.39 is 0 Å². The van der Waals surface area contributed by atoms with E-state index >= 15 is 0 Å². The Morgan fingerprint density at radius 3 is 2.80 bits per heavy atom. The van der Waals surface area contributed by atoms with E-state index in [-0.39, 0.29) is 0 Å². The van der Waals surface area contributed by atoms with Crippen LogP contribution in [0.25, 0.3) is 0 Å². The van der Waals surface area contributed by atoms with E-state index in [4.69, 9.17) is 6.42 Å². The lowest BCUT2D eigenvalue weighted by Crippen LogP contribution is -2.34. The Kier molecular flexibility index (Phi) is 3.70. The van der Waals surface area contributed by atoms with E-state index in [0.717, 1.165) is 30.6 Å². The fraction of sp³-hybridized carbons (Fsp3) is 0.857. The fourth-order valence-electron chi connectivity index (χ4n) is 3.45. The molecule has 2 rings (SSSR count). The van der Waals surface area contributed by atoms with E-state index in [9.17, 15) is 0 Å². The highest BCUT2D eigenvalue weighted by Gasteiger charge is 2.39. The summed E-state index contributed by atoms with van der Waals surface area (Å²) in [6.45, 7) is 3.43. The van der Waals surface area contributed by atoms with Crippen LogP contribution in [0, 0.1) is 30.1 Å². The quantitative estimate of drug-likeness (QED) is 0.681. The number of fused-ring (bicyclic) bond motifs is 2. The molecule has 2 aliphatic rings. The first kappa shape index (κ1) is 11.0. The Balaban J connectivity index is 1.71. The molecule has 0 amide bonds. The summed E-state index contributed by atoms with van der Waals surface area (Å²) in [5, 5.41) is 3.65. The molecule has 1 nitrogen and oxygen atoms in total. The molecular weight excluding hydrogens is 182 g/mol. The van der Waals surface area contributed by atoms with E-state index in [2.05, 4.69) is 18.2 Å². The minimum atomic E-state index is 0.550. The minimum Gasteiger partial charge on any atom is -0.313 e. The van der Waals surface area contributed by atoms with Crippen molar-refractivity contribution >= 4 is 0 Å². The van der Waals surface area contributed by atoms with E-state index in [0.29, 0.717) is 6.04 Å². The molecule has 0 heterocycles. The van der Waals surface area contributed by atoms with Crippen LogP contribution in [0.2, 0.25) is 0 Å². The van der Waals surface area contributed by atoms with Crippen molar-refractivity contribution in [1.82, 2.24) is 5.32 Å². The van der Waals surface area contributed by atoms with Gasteiger partial charge in [-0.3, -0.25) is 0 Å². The lowest BCUT2D eigenvalue weighted by Gasteiger charge is -2.24.